The van der Waals surface area contributed by atoms with Gasteiger partial charge in [-0.05, 0) is 26.2 Å². The Bertz CT molecular complexity index is 192. The molecule has 0 radical (unpaired) electrons. The Kier molecular flexibility index (Phi) is 3.29. The third-order valence-corrected chi connectivity index (χ3v) is 2.40. The van der Waals surface area contributed by atoms with Crippen LogP contribution in [-0.2, 0) is 0 Å². The standard InChI is InChI=1S/C9H17N3/c1-7(8(5-10)6-11)12-9-3-2-4-9/h5,9-10,12H,2-4,6,11H2,1H3/b8-7+,10-5?. The summed E-state index contributed by atoms with van der Waals surface area (Å²) in [5.41, 5.74) is 7.44. The van der Waals surface area contributed by atoms with E-state index in [-0.39, 0.29) is 0 Å². The van der Waals surface area contributed by atoms with E-state index >= 15 is 0 Å². The Morgan fingerprint density at radius 3 is 2.67 bits per heavy atom. The fourth-order valence-corrected chi connectivity index (χ4v) is 1.27. The quantitative estimate of drug-likeness (QED) is 0.547. The second-order valence-electron chi connectivity index (χ2n) is 3.27. The molecule has 0 unspecified atom stereocenters. The number of nitrogens with one attached hydrogen (secondary N) is 2. The average molecular weight is 167 g/mol. The molecule has 68 valence electrons. The van der Waals surface area contributed by atoms with Crippen LogP contribution in [0.1, 0.15) is 26.2 Å². The van der Waals surface area contributed by atoms with E-state index in [1.165, 1.54) is 25.5 Å². The van der Waals surface area contributed by atoms with E-state index in [2.05, 4.69) is 5.32 Å². The van der Waals surface area contributed by atoms with Crippen LogP contribution in [0, 0.1) is 5.41 Å². The second kappa shape index (κ2) is 4.26. The lowest BCUT2D eigenvalue weighted by molar-refractivity contribution is 0.364. The maximum absolute atomic E-state index is 7.11. The molecule has 0 amide bonds. The number of nitrogens with two attached hydrogens (primary N) is 1. The van der Waals surface area contributed by atoms with Crippen molar-refractivity contribution < 1.29 is 0 Å². The first kappa shape index (κ1) is 9.26. The van der Waals surface area contributed by atoms with Crippen LogP contribution in [0.2, 0.25) is 0 Å². The molecule has 0 saturated heterocycles. The van der Waals surface area contributed by atoms with Gasteiger partial charge in [-0.3, -0.25) is 0 Å². The third-order valence-electron chi connectivity index (χ3n) is 2.40. The molecule has 0 spiro atoms. The zero-order chi connectivity index (χ0) is 8.97. The molecule has 0 bridgehead atoms. The molecule has 3 heteroatoms. The fraction of sp³-hybridized carbons (Fsp3) is 0.667. The van der Waals surface area contributed by atoms with Crippen molar-refractivity contribution >= 4 is 6.21 Å². The van der Waals surface area contributed by atoms with Crippen LogP contribution in [0.4, 0.5) is 0 Å². The van der Waals surface area contributed by atoms with Crippen LogP contribution in [-0.4, -0.2) is 18.8 Å². The van der Waals surface area contributed by atoms with E-state index in [4.69, 9.17) is 11.1 Å². The summed E-state index contributed by atoms with van der Waals surface area (Å²) in [5.74, 6) is 0. The lowest BCUT2D eigenvalue weighted by atomic mass is 9.93. The number of rotatable bonds is 4. The summed E-state index contributed by atoms with van der Waals surface area (Å²) in [7, 11) is 0. The lowest BCUT2D eigenvalue weighted by Crippen LogP contribution is -2.34. The molecule has 0 aromatic heterocycles. The molecule has 12 heavy (non-hydrogen) atoms. The van der Waals surface area contributed by atoms with Crippen molar-refractivity contribution in [3.63, 3.8) is 0 Å². The summed E-state index contributed by atoms with van der Waals surface area (Å²) >= 11 is 0. The monoisotopic (exact) mass is 167 g/mol. The molecule has 1 fully saturated rings. The second-order valence-corrected chi connectivity index (χ2v) is 3.27. The molecular formula is C9H17N3. The Labute approximate surface area is 73.5 Å². The summed E-state index contributed by atoms with van der Waals surface area (Å²) in [6, 6.07) is 0.631. The first-order valence-electron chi connectivity index (χ1n) is 4.44. The van der Waals surface area contributed by atoms with Crippen molar-refractivity contribution in [2.24, 2.45) is 5.73 Å². The Morgan fingerprint density at radius 2 is 2.33 bits per heavy atom. The molecule has 1 saturated carbocycles. The van der Waals surface area contributed by atoms with E-state index in [1.54, 1.807) is 0 Å². The van der Waals surface area contributed by atoms with E-state index in [0.29, 0.717) is 12.6 Å². The van der Waals surface area contributed by atoms with Gasteiger partial charge in [0.1, 0.15) is 0 Å². The smallest absolute Gasteiger partial charge is 0.0258 e. The van der Waals surface area contributed by atoms with Crippen molar-refractivity contribution in [3.8, 4) is 0 Å². The van der Waals surface area contributed by atoms with Gasteiger partial charge in [0.05, 0.1) is 0 Å². The van der Waals surface area contributed by atoms with E-state index in [0.717, 1.165) is 11.3 Å². The summed E-state index contributed by atoms with van der Waals surface area (Å²) < 4.78 is 0. The molecule has 1 aliphatic carbocycles. The van der Waals surface area contributed by atoms with E-state index in [9.17, 15) is 0 Å². The van der Waals surface area contributed by atoms with Crippen molar-refractivity contribution in [3.05, 3.63) is 11.3 Å². The van der Waals surface area contributed by atoms with Crippen molar-refractivity contribution in [1.82, 2.24) is 5.32 Å². The molecular weight excluding hydrogens is 150 g/mol. The van der Waals surface area contributed by atoms with Crippen LogP contribution in [0.25, 0.3) is 0 Å². The highest BCUT2D eigenvalue weighted by molar-refractivity contribution is 5.77. The van der Waals surface area contributed by atoms with Gasteiger partial charge in [-0.1, -0.05) is 0 Å². The molecule has 0 heterocycles. The Morgan fingerprint density at radius 1 is 1.67 bits per heavy atom. The first-order chi connectivity index (χ1) is 5.77. The Balaban J connectivity index is 2.46. The molecule has 3 nitrogen and oxygen atoms in total. The summed E-state index contributed by atoms with van der Waals surface area (Å²) in [6.45, 7) is 2.45. The summed E-state index contributed by atoms with van der Waals surface area (Å²) in [5, 5.41) is 10.5. The molecule has 0 aromatic rings. The van der Waals surface area contributed by atoms with Crippen molar-refractivity contribution in [1.29, 1.82) is 5.41 Å². The topological polar surface area (TPSA) is 61.9 Å². The van der Waals surface area contributed by atoms with Gasteiger partial charge in [0.2, 0.25) is 0 Å². The molecule has 0 aromatic carbocycles. The molecule has 4 N–H and O–H groups in total. The minimum absolute atomic E-state index is 0.453. The van der Waals surface area contributed by atoms with Crippen LogP contribution < -0.4 is 11.1 Å². The van der Waals surface area contributed by atoms with Gasteiger partial charge in [0.25, 0.3) is 0 Å². The van der Waals surface area contributed by atoms with Crippen molar-refractivity contribution in [2.75, 3.05) is 6.54 Å². The SMILES string of the molecule is C/C(NC1CCC1)=C(/C=N)CN. The normalized spacial score (nSPS) is 19.5. The van der Waals surface area contributed by atoms with Crippen molar-refractivity contribution in [2.45, 2.75) is 32.2 Å². The minimum atomic E-state index is 0.453. The fourth-order valence-electron chi connectivity index (χ4n) is 1.27. The largest absolute Gasteiger partial charge is 0.386 e. The lowest BCUT2D eigenvalue weighted by Gasteiger charge is -2.28. The highest BCUT2D eigenvalue weighted by Gasteiger charge is 2.16. The van der Waals surface area contributed by atoms with Crippen LogP contribution in [0.5, 0.6) is 0 Å². The maximum atomic E-state index is 7.11. The zero-order valence-corrected chi connectivity index (χ0v) is 7.56. The average Bonchev–Trinajstić information content (AvgIpc) is 1.99. The first-order valence-corrected chi connectivity index (χ1v) is 4.44. The van der Waals surface area contributed by atoms with Gasteiger partial charge >= 0.3 is 0 Å². The summed E-state index contributed by atoms with van der Waals surface area (Å²) in [6.07, 6.45) is 5.18. The van der Waals surface area contributed by atoms with Crippen LogP contribution in [0.3, 0.4) is 0 Å². The van der Waals surface area contributed by atoms with Gasteiger partial charge in [-0.15, -0.1) is 0 Å². The van der Waals surface area contributed by atoms with Gasteiger partial charge in [0.15, 0.2) is 0 Å². The van der Waals surface area contributed by atoms with E-state index in [1.807, 2.05) is 6.92 Å². The molecule has 0 aliphatic heterocycles. The van der Waals surface area contributed by atoms with E-state index < -0.39 is 0 Å². The number of allylic oxidation sites excluding steroid dienone is 1. The molecule has 1 aliphatic rings. The third kappa shape index (κ3) is 2.08. The predicted octanol–water partition coefficient (Wildman–Crippen LogP) is 1.01. The van der Waals surface area contributed by atoms with Gasteiger partial charge in [0, 0.05) is 30.1 Å². The molecule has 0 atom stereocenters. The molecule has 1 rings (SSSR count). The predicted molar refractivity (Wildman–Crippen MR) is 51.3 cm³/mol. The number of hydrogen-bond acceptors (Lipinski definition) is 3. The highest BCUT2D eigenvalue weighted by Crippen LogP contribution is 2.19. The summed E-state index contributed by atoms with van der Waals surface area (Å²) in [4.78, 5) is 0. The van der Waals surface area contributed by atoms with Gasteiger partial charge in [-0.25, -0.2) is 0 Å². The Hall–Kier alpha value is -0.830. The van der Waals surface area contributed by atoms with Crippen LogP contribution >= 0.6 is 0 Å². The van der Waals surface area contributed by atoms with Crippen LogP contribution in [0.15, 0.2) is 11.3 Å². The zero-order valence-electron chi connectivity index (χ0n) is 7.56. The van der Waals surface area contributed by atoms with Gasteiger partial charge < -0.3 is 16.5 Å². The minimum Gasteiger partial charge on any atom is -0.386 e. The number of hydrogen-bond donors (Lipinski definition) is 3. The highest BCUT2D eigenvalue weighted by atomic mass is 14.9. The maximum Gasteiger partial charge on any atom is 0.0258 e. The van der Waals surface area contributed by atoms with Gasteiger partial charge in [-0.2, -0.15) is 0 Å².